The van der Waals surface area contributed by atoms with Gasteiger partial charge in [-0.1, -0.05) is 30.0 Å². The molecule has 0 fully saturated rings. The molecule has 154 valence electrons. The average Bonchev–Trinajstić information content (AvgIpc) is 3.44. The van der Waals surface area contributed by atoms with Gasteiger partial charge in [0.05, 0.1) is 10.6 Å². The fourth-order valence-electron chi connectivity index (χ4n) is 3.37. The van der Waals surface area contributed by atoms with Crippen molar-refractivity contribution in [1.82, 2.24) is 19.3 Å². The van der Waals surface area contributed by atoms with Crippen molar-refractivity contribution in [1.29, 1.82) is 0 Å². The Morgan fingerprint density at radius 2 is 1.93 bits per heavy atom. The number of carbonyl (C=O) groups is 1. The SMILES string of the molecule is Cc1cc(C(=O)CSc2nnc(-c3cccs3)n2C)c(C)n1Cc1ccc(F)cc1. The first-order valence-electron chi connectivity index (χ1n) is 9.44. The fraction of sp³-hybridized carbons (Fsp3) is 0.227. The number of hydrogen-bond donors (Lipinski definition) is 0. The highest BCUT2D eigenvalue weighted by molar-refractivity contribution is 7.99. The zero-order valence-electron chi connectivity index (χ0n) is 16.9. The number of halogens is 1. The minimum atomic E-state index is -0.251. The van der Waals surface area contributed by atoms with Crippen LogP contribution in [0.4, 0.5) is 4.39 Å². The van der Waals surface area contributed by atoms with Crippen LogP contribution in [0.5, 0.6) is 0 Å². The molecule has 0 saturated heterocycles. The maximum absolute atomic E-state index is 13.2. The first kappa shape index (κ1) is 20.6. The molecule has 0 saturated carbocycles. The Labute approximate surface area is 182 Å². The molecule has 0 aliphatic carbocycles. The van der Waals surface area contributed by atoms with E-state index in [1.54, 1.807) is 23.5 Å². The number of benzene rings is 1. The molecule has 0 spiro atoms. The third-order valence-electron chi connectivity index (χ3n) is 5.04. The standard InChI is InChI=1S/C22H21FN4OS2/c1-14-11-18(15(2)27(14)12-16-6-8-17(23)9-7-16)19(28)13-30-22-25-24-21(26(22)3)20-5-4-10-29-20/h4-11H,12-13H2,1-3H3. The van der Waals surface area contributed by atoms with Gasteiger partial charge in [-0.15, -0.1) is 21.5 Å². The van der Waals surface area contributed by atoms with Crippen LogP contribution in [0.25, 0.3) is 10.7 Å². The molecule has 0 unspecified atom stereocenters. The molecule has 30 heavy (non-hydrogen) atoms. The first-order chi connectivity index (χ1) is 14.4. The summed E-state index contributed by atoms with van der Waals surface area (Å²) in [7, 11) is 1.91. The summed E-state index contributed by atoms with van der Waals surface area (Å²) in [5, 5.41) is 11.2. The van der Waals surface area contributed by atoms with E-state index in [4.69, 9.17) is 0 Å². The number of Topliss-reactive ketones (excluding diaryl/α,β-unsaturated/α-hetero) is 1. The molecule has 0 aliphatic heterocycles. The van der Waals surface area contributed by atoms with Crippen molar-refractivity contribution in [2.45, 2.75) is 25.5 Å². The molecule has 4 rings (SSSR count). The largest absolute Gasteiger partial charge is 0.344 e. The Morgan fingerprint density at radius 3 is 2.63 bits per heavy atom. The van der Waals surface area contributed by atoms with Crippen LogP contribution in [0.3, 0.4) is 0 Å². The van der Waals surface area contributed by atoms with E-state index in [0.717, 1.165) is 27.7 Å². The van der Waals surface area contributed by atoms with Gasteiger partial charge < -0.3 is 9.13 Å². The van der Waals surface area contributed by atoms with E-state index in [9.17, 15) is 9.18 Å². The molecule has 0 radical (unpaired) electrons. The number of aryl methyl sites for hydroxylation is 1. The van der Waals surface area contributed by atoms with E-state index in [0.29, 0.717) is 17.3 Å². The molecule has 4 aromatic rings. The second-order valence-electron chi connectivity index (χ2n) is 7.05. The number of carbonyl (C=O) groups excluding carboxylic acids is 1. The molecule has 0 N–H and O–H groups in total. The zero-order chi connectivity index (χ0) is 21.3. The molecular weight excluding hydrogens is 419 g/mol. The number of thiophene rings is 1. The molecule has 5 nitrogen and oxygen atoms in total. The summed E-state index contributed by atoms with van der Waals surface area (Å²) < 4.78 is 17.2. The summed E-state index contributed by atoms with van der Waals surface area (Å²) in [6, 6.07) is 12.4. The van der Waals surface area contributed by atoms with E-state index in [-0.39, 0.29) is 17.4 Å². The lowest BCUT2D eigenvalue weighted by Gasteiger charge is -2.10. The minimum absolute atomic E-state index is 0.0547. The zero-order valence-corrected chi connectivity index (χ0v) is 18.6. The molecule has 0 atom stereocenters. The lowest BCUT2D eigenvalue weighted by atomic mass is 10.2. The molecule has 8 heteroatoms. The van der Waals surface area contributed by atoms with Gasteiger partial charge in [0.1, 0.15) is 5.82 Å². The van der Waals surface area contributed by atoms with Gasteiger partial charge in [-0.3, -0.25) is 4.79 Å². The minimum Gasteiger partial charge on any atom is -0.344 e. The van der Waals surface area contributed by atoms with E-state index in [1.807, 2.05) is 49.0 Å². The Morgan fingerprint density at radius 1 is 1.17 bits per heavy atom. The number of rotatable bonds is 7. The highest BCUT2D eigenvalue weighted by Gasteiger charge is 2.18. The highest BCUT2D eigenvalue weighted by atomic mass is 32.2. The molecule has 3 heterocycles. The quantitative estimate of drug-likeness (QED) is 0.295. The normalized spacial score (nSPS) is 11.2. The topological polar surface area (TPSA) is 52.7 Å². The molecule has 1 aromatic carbocycles. The van der Waals surface area contributed by atoms with Crippen LogP contribution in [-0.4, -0.2) is 30.9 Å². The summed E-state index contributed by atoms with van der Waals surface area (Å²) in [5.41, 5.74) is 3.62. The maximum atomic E-state index is 13.2. The van der Waals surface area contributed by atoms with Gasteiger partial charge in [0.15, 0.2) is 16.8 Å². The van der Waals surface area contributed by atoms with Crippen molar-refractivity contribution in [2.24, 2.45) is 7.05 Å². The third kappa shape index (κ3) is 4.11. The second-order valence-corrected chi connectivity index (χ2v) is 8.94. The lowest BCUT2D eigenvalue weighted by Crippen LogP contribution is -2.08. The Balaban J connectivity index is 1.47. The average molecular weight is 441 g/mol. The smallest absolute Gasteiger partial charge is 0.191 e. The monoisotopic (exact) mass is 440 g/mol. The Bertz CT molecular complexity index is 1180. The number of thioether (sulfide) groups is 1. The summed E-state index contributed by atoms with van der Waals surface area (Å²) in [6.45, 7) is 4.54. The van der Waals surface area contributed by atoms with Crippen LogP contribution in [-0.2, 0) is 13.6 Å². The maximum Gasteiger partial charge on any atom is 0.191 e. The van der Waals surface area contributed by atoms with Crippen LogP contribution in [0.15, 0.2) is 53.0 Å². The first-order valence-corrected chi connectivity index (χ1v) is 11.3. The van der Waals surface area contributed by atoms with E-state index < -0.39 is 0 Å². The molecule has 0 amide bonds. The lowest BCUT2D eigenvalue weighted by molar-refractivity contribution is 0.102. The van der Waals surface area contributed by atoms with Gasteiger partial charge >= 0.3 is 0 Å². The predicted octanol–water partition coefficient (Wildman–Crippen LogP) is 5.12. The van der Waals surface area contributed by atoms with Crippen LogP contribution < -0.4 is 0 Å². The van der Waals surface area contributed by atoms with E-state index in [1.165, 1.54) is 23.9 Å². The van der Waals surface area contributed by atoms with Gasteiger partial charge in [0, 0.05) is 30.5 Å². The van der Waals surface area contributed by atoms with Crippen molar-refractivity contribution in [3.63, 3.8) is 0 Å². The Hall–Kier alpha value is -2.71. The third-order valence-corrected chi connectivity index (χ3v) is 6.92. The van der Waals surface area contributed by atoms with Crippen molar-refractivity contribution < 1.29 is 9.18 Å². The molecule has 0 aliphatic rings. The van der Waals surface area contributed by atoms with Crippen LogP contribution in [0, 0.1) is 19.7 Å². The number of ketones is 1. The summed E-state index contributed by atoms with van der Waals surface area (Å²) in [5.74, 6) is 0.896. The van der Waals surface area contributed by atoms with Crippen molar-refractivity contribution in [2.75, 3.05) is 5.75 Å². The Kier molecular flexibility index (Phi) is 5.87. The number of hydrogen-bond acceptors (Lipinski definition) is 5. The summed E-state index contributed by atoms with van der Waals surface area (Å²) >= 11 is 3.00. The van der Waals surface area contributed by atoms with Crippen LogP contribution in [0.1, 0.15) is 27.3 Å². The van der Waals surface area contributed by atoms with Crippen LogP contribution >= 0.6 is 23.1 Å². The van der Waals surface area contributed by atoms with E-state index >= 15 is 0 Å². The number of nitrogens with zero attached hydrogens (tertiary/aromatic N) is 4. The van der Waals surface area contributed by atoms with E-state index in [2.05, 4.69) is 14.8 Å². The molecule has 3 aromatic heterocycles. The van der Waals surface area contributed by atoms with Crippen molar-refractivity contribution in [3.8, 4) is 10.7 Å². The van der Waals surface area contributed by atoms with Crippen molar-refractivity contribution in [3.05, 3.63) is 76.2 Å². The van der Waals surface area contributed by atoms with Gasteiger partial charge in [0.25, 0.3) is 0 Å². The van der Waals surface area contributed by atoms with Gasteiger partial charge in [-0.2, -0.15) is 0 Å². The summed E-state index contributed by atoms with van der Waals surface area (Å²) in [6.07, 6.45) is 0. The summed E-state index contributed by atoms with van der Waals surface area (Å²) in [4.78, 5) is 14.0. The van der Waals surface area contributed by atoms with Gasteiger partial charge in [0.2, 0.25) is 0 Å². The molecule has 0 bridgehead atoms. The second kappa shape index (κ2) is 8.57. The van der Waals surface area contributed by atoms with Crippen LogP contribution in [0.2, 0.25) is 0 Å². The fourth-order valence-corrected chi connectivity index (χ4v) is 4.91. The predicted molar refractivity (Wildman–Crippen MR) is 119 cm³/mol. The van der Waals surface area contributed by atoms with Gasteiger partial charge in [-0.05, 0) is 49.1 Å². The number of aromatic nitrogens is 4. The molecular formula is C22H21FN4OS2. The highest BCUT2D eigenvalue weighted by Crippen LogP contribution is 2.27. The van der Waals surface area contributed by atoms with Crippen molar-refractivity contribution >= 4 is 28.9 Å². The van der Waals surface area contributed by atoms with Gasteiger partial charge in [-0.25, -0.2) is 4.39 Å².